The summed E-state index contributed by atoms with van der Waals surface area (Å²) in [5.41, 5.74) is 4.56. The SMILES string of the molecule is CC(C)(C)OC(=O)N[C@H]1CCCCCCCCC[C@@H](C(O)C(N)=O)NC(=O)[C@@H]2[C@@H]3[C@H](CN2C1=O)C3(C)C. The number of piperidine rings is 1. The maximum atomic E-state index is 13.8. The Kier molecular flexibility index (Phi) is 9.14. The molecule has 3 fully saturated rings. The summed E-state index contributed by atoms with van der Waals surface area (Å²) in [6.45, 7) is 9.89. The van der Waals surface area contributed by atoms with E-state index in [1.165, 1.54) is 0 Å². The van der Waals surface area contributed by atoms with Crippen LogP contribution in [0.4, 0.5) is 4.79 Å². The van der Waals surface area contributed by atoms with E-state index in [1.807, 2.05) is 0 Å². The van der Waals surface area contributed by atoms with Gasteiger partial charge in [-0.05, 0) is 50.9 Å². The van der Waals surface area contributed by atoms with Gasteiger partial charge in [-0.3, -0.25) is 14.4 Å². The molecule has 2 heterocycles. The summed E-state index contributed by atoms with van der Waals surface area (Å²) in [6.07, 6.45) is 5.17. The van der Waals surface area contributed by atoms with Crippen LogP contribution in [0.2, 0.25) is 0 Å². The molecule has 6 atom stereocenters. The van der Waals surface area contributed by atoms with Crippen LogP contribution in [0.25, 0.3) is 0 Å². The minimum atomic E-state index is -1.50. The van der Waals surface area contributed by atoms with Crippen LogP contribution in [-0.4, -0.2) is 70.2 Å². The molecule has 1 aliphatic carbocycles. The molecule has 0 aromatic heterocycles. The van der Waals surface area contributed by atoms with Crippen molar-refractivity contribution in [2.75, 3.05) is 6.54 Å². The molecule has 5 N–H and O–H groups in total. The maximum absolute atomic E-state index is 13.8. The van der Waals surface area contributed by atoms with Crippen molar-refractivity contribution in [3.63, 3.8) is 0 Å². The lowest BCUT2D eigenvalue weighted by atomic mass is 9.96. The molecule has 1 saturated carbocycles. The smallest absolute Gasteiger partial charge is 0.408 e. The predicted molar refractivity (Wildman–Crippen MR) is 138 cm³/mol. The fourth-order valence-electron chi connectivity index (χ4n) is 6.09. The van der Waals surface area contributed by atoms with Crippen molar-refractivity contribution in [1.82, 2.24) is 15.5 Å². The van der Waals surface area contributed by atoms with Gasteiger partial charge < -0.3 is 31.1 Å². The molecule has 0 radical (unpaired) electrons. The van der Waals surface area contributed by atoms with Crippen molar-refractivity contribution in [2.45, 2.75) is 122 Å². The van der Waals surface area contributed by atoms with Gasteiger partial charge in [-0.25, -0.2) is 4.79 Å². The molecule has 2 saturated heterocycles. The molecule has 2 aliphatic heterocycles. The number of aliphatic hydroxyl groups is 1. The normalized spacial score (nSPS) is 31.9. The highest BCUT2D eigenvalue weighted by Gasteiger charge is 2.69. The second-order valence-electron chi connectivity index (χ2n) is 12.6. The lowest BCUT2D eigenvalue weighted by Crippen LogP contribution is -2.59. The topological polar surface area (TPSA) is 151 Å². The summed E-state index contributed by atoms with van der Waals surface area (Å²) >= 11 is 0. The van der Waals surface area contributed by atoms with Crippen molar-refractivity contribution in [3.8, 4) is 0 Å². The Morgan fingerprint density at radius 2 is 1.65 bits per heavy atom. The fourth-order valence-corrected chi connectivity index (χ4v) is 6.09. The van der Waals surface area contributed by atoms with Gasteiger partial charge in [0.1, 0.15) is 17.7 Å². The van der Waals surface area contributed by atoms with E-state index in [4.69, 9.17) is 10.5 Å². The highest BCUT2D eigenvalue weighted by atomic mass is 16.6. The van der Waals surface area contributed by atoms with Gasteiger partial charge in [0.25, 0.3) is 0 Å². The number of fused-ring (bicyclic) bond motifs is 3. The summed E-state index contributed by atoms with van der Waals surface area (Å²) in [6, 6.07) is -2.36. The standard InChI is InChI=1S/C27H46N4O6/c1-26(2,3)37-25(36)30-18-14-12-10-8-6-7-9-11-13-17(21(32)22(28)33)29-23(34)20-19-16(27(19,4)5)15-31(20)24(18)35/h16-21,32H,6-15H2,1-5H3,(H2,28,33)(H,29,34)(H,30,36)/t16-,17-,18-,19-,20-,21?/m0/s1. The Bertz CT molecular complexity index is 869. The van der Waals surface area contributed by atoms with Crippen molar-refractivity contribution in [1.29, 1.82) is 0 Å². The minimum absolute atomic E-state index is 0.0381. The fraction of sp³-hybridized carbons (Fsp3) is 0.852. The Morgan fingerprint density at radius 1 is 1.08 bits per heavy atom. The highest BCUT2D eigenvalue weighted by Crippen LogP contribution is 2.65. The number of carbonyl (C=O) groups is 4. The Morgan fingerprint density at radius 3 is 2.22 bits per heavy atom. The maximum Gasteiger partial charge on any atom is 0.408 e. The molecule has 1 unspecified atom stereocenters. The number of amides is 4. The molecule has 3 rings (SSSR count). The molecule has 0 aromatic carbocycles. The number of ether oxygens (including phenoxy) is 1. The van der Waals surface area contributed by atoms with Crippen molar-refractivity contribution in [2.24, 2.45) is 23.0 Å². The molecule has 0 bridgehead atoms. The molecule has 10 nitrogen and oxygen atoms in total. The average molecular weight is 523 g/mol. The third kappa shape index (κ3) is 7.15. The van der Waals surface area contributed by atoms with Crippen LogP contribution >= 0.6 is 0 Å². The number of hydrogen-bond acceptors (Lipinski definition) is 6. The molecule has 210 valence electrons. The van der Waals surface area contributed by atoms with Gasteiger partial charge in [0, 0.05) is 6.54 Å². The number of primary amides is 1. The lowest BCUT2D eigenvalue weighted by molar-refractivity contribution is -0.143. The summed E-state index contributed by atoms with van der Waals surface area (Å²) in [4.78, 5) is 53.4. The third-order valence-electron chi connectivity index (χ3n) is 8.26. The highest BCUT2D eigenvalue weighted by molar-refractivity contribution is 5.93. The Balaban J connectivity index is 1.86. The van der Waals surface area contributed by atoms with Crippen LogP contribution < -0.4 is 16.4 Å². The third-order valence-corrected chi connectivity index (χ3v) is 8.26. The van der Waals surface area contributed by atoms with Crippen LogP contribution in [0.1, 0.15) is 92.4 Å². The van der Waals surface area contributed by atoms with E-state index in [-0.39, 0.29) is 29.1 Å². The van der Waals surface area contributed by atoms with E-state index in [9.17, 15) is 24.3 Å². The largest absolute Gasteiger partial charge is 0.444 e. The van der Waals surface area contributed by atoms with E-state index in [0.29, 0.717) is 19.4 Å². The number of carbonyl (C=O) groups excluding carboxylic acids is 4. The van der Waals surface area contributed by atoms with Gasteiger partial charge in [0.15, 0.2) is 6.10 Å². The second-order valence-corrected chi connectivity index (χ2v) is 12.6. The van der Waals surface area contributed by atoms with E-state index < -0.39 is 41.8 Å². The van der Waals surface area contributed by atoms with Crippen LogP contribution in [0.5, 0.6) is 0 Å². The molecule has 0 spiro atoms. The molecule has 3 aliphatic rings. The molecule has 10 heteroatoms. The summed E-state index contributed by atoms with van der Waals surface area (Å²) in [5, 5.41) is 16.1. The zero-order chi connectivity index (χ0) is 27.5. The van der Waals surface area contributed by atoms with Crippen LogP contribution in [0.3, 0.4) is 0 Å². The quantitative estimate of drug-likeness (QED) is 0.446. The van der Waals surface area contributed by atoms with E-state index in [1.54, 1.807) is 25.7 Å². The summed E-state index contributed by atoms with van der Waals surface area (Å²) in [5.74, 6) is -1.45. The summed E-state index contributed by atoms with van der Waals surface area (Å²) in [7, 11) is 0. The van der Waals surface area contributed by atoms with Crippen molar-refractivity contribution >= 4 is 23.8 Å². The Hall–Kier alpha value is -2.36. The monoisotopic (exact) mass is 522 g/mol. The lowest BCUT2D eigenvalue weighted by Gasteiger charge is -2.34. The van der Waals surface area contributed by atoms with Gasteiger partial charge in [0.05, 0.1) is 6.04 Å². The molecule has 37 heavy (non-hydrogen) atoms. The van der Waals surface area contributed by atoms with Crippen molar-refractivity contribution < 1.29 is 29.0 Å². The first-order chi connectivity index (χ1) is 17.2. The zero-order valence-corrected chi connectivity index (χ0v) is 23.0. The van der Waals surface area contributed by atoms with Gasteiger partial charge in [0.2, 0.25) is 17.7 Å². The van der Waals surface area contributed by atoms with Gasteiger partial charge >= 0.3 is 6.09 Å². The first-order valence-electron chi connectivity index (χ1n) is 13.8. The van der Waals surface area contributed by atoms with E-state index >= 15 is 0 Å². The number of aliphatic hydroxyl groups excluding tert-OH is 1. The summed E-state index contributed by atoms with van der Waals surface area (Å²) < 4.78 is 5.42. The van der Waals surface area contributed by atoms with E-state index in [2.05, 4.69) is 24.5 Å². The Labute approximate surface area is 220 Å². The van der Waals surface area contributed by atoms with Gasteiger partial charge in [-0.15, -0.1) is 0 Å². The number of nitrogens with zero attached hydrogens (tertiary/aromatic N) is 1. The van der Waals surface area contributed by atoms with Crippen LogP contribution in [0, 0.1) is 17.3 Å². The second kappa shape index (κ2) is 11.6. The molecule has 4 amide bonds. The number of alkyl carbamates (subject to hydrolysis) is 1. The number of rotatable bonds is 3. The number of nitrogens with two attached hydrogens (primary N) is 1. The van der Waals surface area contributed by atoms with E-state index in [0.717, 1.165) is 44.9 Å². The predicted octanol–water partition coefficient (Wildman–Crippen LogP) is 2.22. The molecular weight excluding hydrogens is 476 g/mol. The zero-order valence-electron chi connectivity index (χ0n) is 23.0. The first kappa shape index (κ1) is 29.2. The molecular formula is C27H46N4O6. The number of nitrogens with one attached hydrogen (secondary N) is 2. The van der Waals surface area contributed by atoms with Crippen LogP contribution in [-0.2, 0) is 19.1 Å². The van der Waals surface area contributed by atoms with Gasteiger partial charge in [-0.1, -0.05) is 58.8 Å². The van der Waals surface area contributed by atoms with Crippen molar-refractivity contribution in [3.05, 3.63) is 0 Å². The average Bonchev–Trinajstić information content (AvgIpc) is 3.12. The molecule has 0 aromatic rings. The van der Waals surface area contributed by atoms with Gasteiger partial charge in [-0.2, -0.15) is 0 Å². The van der Waals surface area contributed by atoms with Crippen LogP contribution in [0.15, 0.2) is 0 Å². The minimum Gasteiger partial charge on any atom is -0.444 e. The number of hydrogen-bond donors (Lipinski definition) is 4. The first-order valence-corrected chi connectivity index (χ1v) is 13.8.